The van der Waals surface area contributed by atoms with E-state index >= 15 is 0 Å². The molecule has 1 fully saturated rings. The van der Waals surface area contributed by atoms with Gasteiger partial charge in [0.1, 0.15) is 5.52 Å². The minimum Gasteiger partial charge on any atom is -0.336 e. The van der Waals surface area contributed by atoms with Crippen molar-refractivity contribution in [1.82, 2.24) is 35.2 Å². The zero-order valence-corrected chi connectivity index (χ0v) is 20.8. The van der Waals surface area contributed by atoms with Gasteiger partial charge in [-0.25, -0.2) is 9.97 Å². The molecule has 184 valence electrons. The summed E-state index contributed by atoms with van der Waals surface area (Å²) in [6.45, 7) is 8.73. The Kier molecular flexibility index (Phi) is 5.64. The maximum atomic E-state index is 13.2. The lowest BCUT2D eigenvalue weighted by Crippen LogP contribution is -2.50. The van der Waals surface area contributed by atoms with E-state index < -0.39 is 0 Å². The number of piperidine rings is 1. The summed E-state index contributed by atoms with van der Waals surface area (Å²) in [5.41, 5.74) is 7.92. The summed E-state index contributed by atoms with van der Waals surface area (Å²) in [4.78, 5) is 27.1. The summed E-state index contributed by atoms with van der Waals surface area (Å²) >= 11 is 0. The normalized spacial score (nSPS) is 20.0. The number of likely N-dealkylation sites (tertiary alicyclic amines) is 1. The maximum absolute atomic E-state index is 13.2. The molecule has 0 radical (unpaired) electrons. The van der Waals surface area contributed by atoms with Gasteiger partial charge in [0.2, 0.25) is 5.95 Å². The fourth-order valence-electron chi connectivity index (χ4n) is 5.59. The number of hydrogen-bond donors (Lipinski definition) is 2. The SMILES string of the molecule is Cc1cc(C)cc(Nc2ncc3c(n2)CN([C@@H]2CCN(C(=O)c4ccc5[nH]nnc5c4)[C@@H](C)C2)C3)c1. The molecule has 0 unspecified atom stereocenters. The van der Waals surface area contributed by atoms with Gasteiger partial charge in [0.25, 0.3) is 5.91 Å². The standard InChI is InChI=1S/C27H30N8O/c1-16-8-17(2)10-21(9-16)29-27-28-13-20-14-34(15-25(20)30-27)22-6-7-35(18(3)11-22)26(36)19-4-5-23-24(12-19)32-33-31-23/h4-5,8-10,12-13,18,22H,6-7,11,14-15H2,1-3H3,(H,28,29,30)(H,31,32,33)/t18-,22+/m0/s1. The second-order valence-electron chi connectivity index (χ2n) is 10.1. The first-order valence-electron chi connectivity index (χ1n) is 12.5. The maximum Gasteiger partial charge on any atom is 0.254 e. The number of rotatable bonds is 4. The van der Waals surface area contributed by atoms with Crippen molar-refractivity contribution < 1.29 is 4.79 Å². The predicted octanol–water partition coefficient (Wildman–Crippen LogP) is 4.12. The molecule has 1 amide bonds. The zero-order valence-electron chi connectivity index (χ0n) is 20.8. The summed E-state index contributed by atoms with van der Waals surface area (Å²) < 4.78 is 0. The van der Waals surface area contributed by atoms with Crippen LogP contribution in [0.5, 0.6) is 0 Å². The molecular formula is C27H30N8O. The molecule has 1 saturated heterocycles. The van der Waals surface area contributed by atoms with Gasteiger partial charge in [0.05, 0.1) is 11.2 Å². The van der Waals surface area contributed by atoms with Gasteiger partial charge in [-0.2, -0.15) is 0 Å². The third-order valence-electron chi connectivity index (χ3n) is 7.36. The molecule has 0 bridgehead atoms. The van der Waals surface area contributed by atoms with Gasteiger partial charge in [-0.1, -0.05) is 11.3 Å². The molecule has 9 nitrogen and oxygen atoms in total. The Labute approximate surface area is 209 Å². The molecule has 2 aromatic carbocycles. The summed E-state index contributed by atoms with van der Waals surface area (Å²) in [7, 11) is 0. The quantitative estimate of drug-likeness (QED) is 0.451. The van der Waals surface area contributed by atoms with E-state index in [9.17, 15) is 4.79 Å². The number of nitrogens with zero attached hydrogens (tertiary/aromatic N) is 6. The minimum absolute atomic E-state index is 0.0588. The number of aromatic amines is 1. The Hall–Kier alpha value is -3.85. The van der Waals surface area contributed by atoms with Gasteiger partial charge in [-0.3, -0.25) is 14.8 Å². The highest BCUT2D eigenvalue weighted by molar-refractivity contribution is 5.97. The lowest BCUT2D eigenvalue weighted by Gasteiger charge is -2.41. The van der Waals surface area contributed by atoms with Gasteiger partial charge in [0.15, 0.2) is 0 Å². The number of benzene rings is 2. The molecule has 6 rings (SSSR count). The van der Waals surface area contributed by atoms with Crippen LogP contribution in [0.1, 0.15) is 52.5 Å². The van der Waals surface area contributed by atoms with Crippen LogP contribution in [-0.2, 0) is 13.1 Å². The van der Waals surface area contributed by atoms with Crippen molar-refractivity contribution >= 4 is 28.6 Å². The van der Waals surface area contributed by atoms with Gasteiger partial charge in [0, 0.05) is 54.7 Å². The number of amides is 1. The van der Waals surface area contributed by atoms with Crippen molar-refractivity contribution in [2.75, 3.05) is 11.9 Å². The minimum atomic E-state index is 0.0588. The molecule has 4 aromatic rings. The fraction of sp³-hybridized carbons (Fsp3) is 0.370. The monoisotopic (exact) mass is 482 g/mol. The first-order valence-corrected chi connectivity index (χ1v) is 12.5. The summed E-state index contributed by atoms with van der Waals surface area (Å²) in [6.07, 6.45) is 3.83. The molecule has 9 heteroatoms. The molecule has 2 N–H and O–H groups in total. The molecule has 2 aromatic heterocycles. The Balaban J connectivity index is 1.10. The number of H-pyrrole nitrogens is 1. The van der Waals surface area contributed by atoms with Gasteiger partial charge < -0.3 is 10.2 Å². The van der Waals surface area contributed by atoms with Crippen LogP contribution >= 0.6 is 0 Å². The predicted molar refractivity (Wildman–Crippen MR) is 138 cm³/mol. The Bertz CT molecular complexity index is 1430. The number of anilines is 2. The first-order chi connectivity index (χ1) is 17.4. The van der Waals surface area contributed by atoms with E-state index in [2.05, 4.69) is 69.6 Å². The number of nitrogens with one attached hydrogen (secondary N) is 2. The van der Waals surface area contributed by atoms with Crippen LogP contribution in [0, 0.1) is 13.8 Å². The van der Waals surface area contributed by atoms with E-state index in [1.807, 2.05) is 29.3 Å². The lowest BCUT2D eigenvalue weighted by atomic mass is 9.96. The average molecular weight is 483 g/mol. The van der Waals surface area contributed by atoms with Gasteiger partial charge in [-0.15, -0.1) is 5.10 Å². The Morgan fingerprint density at radius 1 is 1.11 bits per heavy atom. The van der Waals surface area contributed by atoms with E-state index in [1.54, 1.807) is 0 Å². The highest BCUT2D eigenvalue weighted by Crippen LogP contribution is 2.31. The number of aryl methyl sites for hydroxylation is 2. The van der Waals surface area contributed by atoms with Crippen molar-refractivity contribution in [1.29, 1.82) is 0 Å². The third kappa shape index (κ3) is 4.30. The Morgan fingerprint density at radius 3 is 2.75 bits per heavy atom. The number of carbonyl (C=O) groups excluding carboxylic acids is 1. The number of hydrogen-bond acceptors (Lipinski definition) is 7. The highest BCUT2D eigenvalue weighted by Gasteiger charge is 2.35. The van der Waals surface area contributed by atoms with Crippen LogP contribution in [0.4, 0.5) is 11.6 Å². The van der Waals surface area contributed by atoms with Crippen molar-refractivity contribution in [2.45, 2.75) is 58.8 Å². The molecular weight excluding hydrogens is 452 g/mol. The number of aromatic nitrogens is 5. The lowest BCUT2D eigenvalue weighted by molar-refractivity contribution is 0.0460. The van der Waals surface area contributed by atoms with Crippen LogP contribution in [-0.4, -0.2) is 59.7 Å². The van der Waals surface area contributed by atoms with Crippen LogP contribution in [0.25, 0.3) is 11.0 Å². The van der Waals surface area contributed by atoms with Gasteiger partial charge in [-0.05, 0) is 75.1 Å². The topological polar surface area (TPSA) is 103 Å². The van der Waals surface area contributed by atoms with Crippen molar-refractivity contribution in [2.24, 2.45) is 0 Å². The molecule has 4 heterocycles. The molecule has 0 spiro atoms. The van der Waals surface area contributed by atoms with Crippen LogP contribution in [0.2, 0.25) is 0 Å². The summed E-state index contributed by atoms with van der Waals surface area (Å²) in [5.74, 6) is 0.696. The Morgan fingerprint density at radius 2 is 1.94 bits per heavy atom. The van der Waals surface area contributed by atoms with E-state index in [0.717, 1.165) is 49.4 Å². The van der Waals surface area contributed by atoms with Gasteiger partial charge >= 0.3 is 0 Å². The van der Waals surface area contributed by atoms with Crippen LogP contribution < -0.4 is 5.32 Å². The summed E-state index contributed by atoms with van der Waals surface area (Å²) in [5, 5.41) is 14.1. The molecule has 36 heavy (non-hydrogen) atoms. The first kappa shape index (κ1) is 22.6. The molecule has 0 saturated carbocycles. The van der Waals surface area contributed by atoms with Crippen molar-refractivity contribution in [3.05, 3.63) is 70.5 Å². The van der Waals surface area contributed by atoms with E-state index in [0.29, 0.717) is 23.1 Å². The fourth-order valence-corrected chi connectivity index (χ4v) is 5.59. The van der Waals surface area contributed by atoms with Crippen LogP contribution in [0.3, 0.4) is 0 Å². The van der Waals surface area contributed by atoms with Crippen molar-refractivity contribution in [3.63, 3.8) is 0 Å². The van der Waals surface area contributed by atoms with E-state index in [4.69, 9.17) is 4.98 Å². The third-order valence-corrected chi connectivity index (χ3v) is 7.36. The average Bonchev–Trinajstić information content (AvgIpc) is 3.49. The number of carbonyl (C=O) groups is 1. The molecule has 0 aliphatic carbocycles. The highest BCUT2D eigenvalue weighted by atomic mass is 16.2. The number of fused-ring (bicyclic) bond motifs is 2. The smallest absolute Gasteiger partial charge is 0.254 e. The molecule has 2 atom stereocenters. The van der Waals surface area contributed by atoms with E-state index in [-0.39, 0.29) is 11.9 Å². The van der Waals surface area contributed by atoms with Crippen molar-refractivity contribution in [3.8, 4) is 0 Å². The summed E-state index contributed by atoms with van der Waals surface area (Å²) in [6, 6.07) is 12.5. The van der Waals surface area contributed by atoms with E-state index in [1.165, 1.54) is 16.7 Å². The second kappa shape index (κ2) is 8.98. The zero-order chi connectivity index (χ0) is 24.8. The largest absolute Gasteiger partial charge is 0.336 e. The molecule has 2 aliphatic rings. The van der Waals surface area contributed by atoms with Crippen LogP contribution in [0.15, 0.2) is 42.6 Å². The second-order valence-corrected chi connectivity index (χ2v) is 10.1. The molecule has 2 aliphatic heterocycles.